The Morgan fingerprint density at radius 3 is 2.41 bits per heavy atom. The molecule has 1 atom stereocenters. The van der Waals surface area contributed by atoms with Crippen molar-refractivity contribution in [1.29, 1.82) is 0 Å². The van der Waals surface area contributed by atoms with Crippen LogP contribution in [0.4, 0.5) is 0 Å². The molecule has 2 aromatic carbocycles. The predicted molar refractivity (Wildman–Crippen MR) is 86.0 cm³/mol. The van der Waals surface area contributed by atoms with Crippen molar-refractivity contribution < 1.29 is 14.3 Å². The number of benzene rings is 2. The van der Waals surface area contributed by atoms with Gasteiger partial charge in [-0.1, -0.05) is 30.3 Å². The summed E-state index contributed by atoms with van der Waals surface area (Å²) in [4.78, 5) is 12.0. The molecule has 1 unspecified atom stereocenters. The average molecular weight is 299 g/mol. The number of methoxy groups -OCH3 is 1. The Morgan fingerprint density at radius 2 is 1.77 bits per heavy atom. The topological polar surface area (TPSA) is 47.6 Å². The second-order valence-electron chi connectivity index (χ2n) is 5.13. The molecule has 0 saturated heterocycles. The van der Waals surface area contributed by atoms with E-state index in [1.807, 2.05) is 49.4 Å². The smallest absolute Gasteiger partial charge is 0.251 e. The van der Waals surface area contributed by atoms with E-state index in [-0.39, 0.29) is 11.9 Å². The molecule has 0 aliphatic carbocycles. The monoisotopic (exact) mass is 299 g/mol. The molecule has 0 heterocycles. The first-order chi connectivity index (χ1) is 10.7. The Labute approximate surface area is 131 Å². The molecular weight excluding hydrogens is 278 g/mol. The number of hydrogen-bond acceptors (Lipinski definition) is 3. The van der Waals surface area contributed by atoms with Crippen LogP contribution < -0.4 is 10.1 Å². The Morgan fingerprint density at radius 1 is 1.09 bits per heavy atom. The van der Waals surface area contributed by atoms with Gasteiger partial charge in [0, 0.05) is 18.7 Å². The maximum Gasteiger partial charge on any atom is 0.251 e. The average Bonchev–Trinajstić information content (AvgIpc) is 2.54. The maximum atomic E-state index is 12.0. The lowest BCUT2D eigenvalue weighted by Gasteiger charge is -2.13. The van der Waals surface area contributed by atoms with E-state index in [2.05, 4.69) is 5.32 Å². The van der Waals surface area contributed by atoms with Crippen LogP contribution in [0.1, 0.15) is 22.8 Å². The number of ether oxygens (including phenoxy) is 2. The number of amides is 1. The minimum Gasteiger partial charge on any atom is -0.489 e. The third-order valence-electron chi connectivity index (χ3n) is 3.16. The predicted octanol–water partition coefficient (Wildman–Crippen LogP) is 3.03. The zero-order valence-electron chi connectivity index (χ0n) is 12.9. The van der Waals surface area contributed by atoms with Gasteiger partial charge >= 0.3 is 0 Å². The van der Waals surface area contributed by atoms with E-state index >= 15 is 0 Å². The van der Waals surface area contributed by atoms with Crippen molar-refractivity contribution in [2.24, 2.45) is 0 Å². The highest BCUT2D eigenvalue weighted by atomic mass is 16.5. The fourth-order valence-electron chi connectivity index (χ4n) is 2.03. The van der Waals surface area contributed by atoms with Crippen molar-refractivity contribution in [3.63, 3.8) is 0 Å². The molecule has 0 aromatic heterocycles. The minimum absolute atomic E-state index is 0.0152. The molecule has 0 bridgehead atoms. The molecule has 0 aliphatic heterocycles. The summed E-state index contributed by atoms with van der Waals surface area (Å²) in [6, 6.07) is 17.0. The number of carbonyl (C=O) groups is 1. The third-order valence-corrected chi connectivity index (χ3v) is 3.16. The van der Waals surface area contributed by atoms with Crippen molar-refractivity contribution >= 4 is 5.91 Å². The molecule has 4 nitrogen and oxygen atoms in total. The number of hydrogen-bond donors (Lipinski definition) is 1. The molecule has 1 amide bonds. The van der Waals surface area contributed by atoms with Gasteiger partial charge in [0.2, 0.25) is 0 Å². The molecule has 2 aromatic rings. The fraction of sp³-hybridized carbons (Fsp3) is 0.278. The number of para-hydroxylation sites is 1. The van der Waals surface area contributed by atoms with Gasteiger partial charge < -0.3 is 14.8 Å². The van der Waals surface area contributed by atoms with Crippen LogP contribution in [0.15, 0.2) is 54.6 Å². The summed E-state index contributed by atoms with van der Waals surface area (Å²) >= 11 is 0. The van der Waals surface area contributed by atoms with Gasteiger partial charge in [0.15, 0.2) is 0 Å². The molecule has 0 spiro atoms. The van der Waals surface area contributed by atoms with E-state index in [0.717, 1.165) is 11.3 Å². The second kappa shape index (κ2) is 8.20. The molecule has 2 rings (SSSR count). The summed E-state index contributed by atoms with van der Waals surface area (Å²) in [7, 11) is 1.62. The van der Waals surface area contributed by atoms with Crippen LogP contribution in [0.2, 0.25) is 0 Å². The van der Waals surface area contributed by atoms with Crippen LogP contribution in [0.5, 0.6) is 5.75 Å². The Bertz CT molecular complexity index is 581. The standard InChI is InChI=1S/C18H21NO3/c1-14(12-21-2)19-18(20)16-10-8-15(9-11-16)13-22-17-6-4-3-5-7-17/h3-11,14H,12-13H2,1-2H3,(H,19,20). The quantitative estimate of drug-likeness (QED) is 0.855. The van der Waals surface area contributed by atoms with E-state index in [9.17, 15) is 4.79 Å². The summed E-state index contributed by atoms with van der Waals surface area (Å²) in [5.74, 6) is 0.734. The van der Waals surface area contributed by atoms with E-state index in [0.29, 0.717) is 18.8 Å². The third kappa shape index (κ3) is 4.90. The van der Waals surface area contributed by atoms with Crippen LogP contribution in [0, 0.1) is 0 Å². The molecule has 4 heteroatoms. The highest BCUT2D eigenvalue weighted by molar-refractivity contribution is 5.94. The Hall–Kier alpha value is -2.33. The number of nitrogens with one attached hydrogen (secondary N) is 1. The summed E-state index contributed by atoms with van der Waals surface area (Å²) < 4.78 is 10.7. The number of rotatable bonds is 7. The van der Waals surface area contributed by atoms with Crippen LogP contribution in [-0.2, 0) is 11.3 Å². The van der Waals surface area contributed by atoms with Crippen molar-refractivity contribution in [1.82, 2.24) is 5.32 Å². The lowest BCUT2D eigenvalue weighted by molar-refractivity contribution is 0.0905. The molecular formula is C18H21NO3. The molecule has 0 radical (unpaired) electrons. The van der Waals surface area contributed by atoms with Gasteiger partial charge in [0.1, 0.15) is 12.4 Å². The largest absolute Gasteiger partial charge is 0.489 e. The van der Waals surface area contributed by atoms with Crippen LogP contribution >= 0.6 is 0 Å². The minimum atomic E-state index is -0.0972. The highest BCUT2D eigenvalue weighted by Gasteiger charge is 2.09. The van der Waals surface area contributed by atoms with Gasteiger partial charge in [-0.2, -0.15) is 0 Å². The fourth-order valence-corrected chi connectivity index (χ4v) is 2.03. The molecule has 1 N–H and O–H groups in total. The molecule has 0 fully saturated rings. The molecule has 0 saturated carbocycles. The van der Waals surface area contributed by atoms with Crippen molar-refractivity contribution in [2.45, 2.75) is 19.6 Å². The van der Waals surface area contributed by atoms with Gasteiger partial charge in [0.05, 0.1) is 6.61 Å². The maximum absolute atomic E-state index is 12.0. The lowest BCUT2D eigenvalue weighted by Crippen LogP contribution is -2.35. The highest BCUT2D eigenvalue weighted by Crippen LogP contribution is 2.12. The summed E-state index contributed by atoms with van der Waals surface area (Å²) in [6.45, 7) is 2.88. The van der Waals surface area contributed by atoms with Crippen molar-refractivity contribution in [2.75, 3.05) is 13.7 Å². The van der Waals surface area contributed by atoms with Crippen LogP contribution in [0.3, 0.4) is 0 Å². The first-order valence-electron chi connectivity index (χ1n) is 7.25. The molecule has 0 aliphatic rings. The van der Waals surface area contributed by atoms with Crippen LogP contribution in [-0.4, -0.2) is 25.7 Å². The van der Waals surface area contributed by atoms with Crippen molar-refractivity contribution in [3.05, 3.63) is 65.7 Å². The summed E-state index contributed by atoms with van der Waals surface area (Å²) in [5.41, 5.74) is 1.65. The summed E-state index contributed by atoms with van der Waals surface area (Å²) in [5, 5.41) is 2.88. The van der Waals surface area contributed by atoms with E-state index < -0.39 is 0 Å². The van der Waals surface area contributed by atoms with Crippen LogP contribution in [0.25, 0.3) is 0 Å². The molecule has 116 valence electrons. The van der Waals surface area contributed by atoms with Gasteiger partial charge in [-0.15, -0.1) is 0 Å². The van der Waals surface area contributed by atoms with Gasteiger partial charge in [-0.25, -0.2) is 0 Å². The van der Waals surface area contributed by atoms with Gasteiger partial charge in [0.25, 0.3) is 5.91 Å². The molecule has 22 heavy (non-hydrogen) atoms. The van der Waals surface area contributed by atoms with E-state index in [1.165, 1.54) is 0 Å². The first kappa shape index (κ1) is 16.0. The summed E-state index contributed by atoms with van der Waals surface area (Å²) in [6.07, 6.45) is 0. The zero-order chi connectivity index (χ0) is 15.8. The van der Waals surface area contributed by atoms with Crippen molar-refractivity contribution in [3.8, 4) is 5.75 Å². The van der Waals surface area contributed by atoms with Gasteiger partial charge in [-0.3, -0.25) is 4.79 Å². The van der Waals surface area contributed by atoms with E-state index in [4.69, 9.17) is 9.47 Å². The SMILES string of the molecule is COCC(C)NC(=O)c1ccc(COc2ccccc2)cc1. The number of carbonyl (C=O) groups excluding carboxylic acids is 1. The lowest BCUT2D eigenvalue weighted by atomic mass is 10.1. The zero-order valence-corrected chi connectivity index (χ0v) is 12.9. The first-order valence-corrected chi connectivity index (χ1v) is 7.25. The van der Waals surface area contributed by atoms with E-state index in [1.54, 1.807) is 19.2 Å². The second-order valence-corrected chi connectivity index (χ2v) is 5.13. The normalized spacial score (nSPS) is 11.7. The Balaban J connectivity index is 1.88. The Kier molecular flexibility index (Phi) is 5.98. The van der Waals surface area contributed by atoms with Gasteiger partial charge in [-0.05, 0) is 36.8 Å².